The number of nitrogen functional groups attached to an aromatic ring is 1. The highest BCUT2D eigenvalue weighted by Crippen LogP contribution is 2.29. The minimum Gasteiger partial charge on any atom is -0.462 e. The van der Waals surface area contributed by atoms with Crippen LogP contribution >= 0.6 is 23.2 Å². The summed E-state index contributed by atoms with van der Waals surface area (Å²) < 4.78 is 5.04. The second-order valence-corrected chi connectivity index (χ2v) is 4.62. The van der Waals surface area contributed by atoms with Gasteiger partial charge in [-0.3, -0.25) is 0 Å². The molecule has 0 unspecified atom stereocenters. The van der Waals surface area contributed by atoms with Crippen molar-refractivity contribution in [1.29, 1.82) is 0 Å². The number of ether oxygens (including phenoxy) is 1. The molecule has 0 aliphatic rings. The first-order valence-electron chi connectivity index (χ1n) is 4.84. The van der Waals surface area contributed by atoms with Crippen molar-refractivity contribution in [3.05, 3.63) is 27.7 Å². The zero-order valence-electron chi connectivity index (χ0n) is 9.09. The molecule has 0 heterocycles. The van der Waals surface area contributed by atoms with Gasteiger partial charge in [0.25, 0.3) is 0 Å². The molecule has 3 nitrogen and oxygen atoms in total. The van der Waals surface area contributed by atoms with Crippen LogP contribution in [0.25, 0.3) is 0 Å². The van der Waals surface area contributed by atoms with Crippen LogP contribution in [0.2, 0.25) is 10.0 Å². The van der Waals surface area contributed by atoms with E-state index in [4.69, 9.17) is 33.7 Å². The predicted molar refractivity (Wildman–Crippen MR) is 66.0 cm³/mol. The van der Waals surface area contributed by atoms with Crippen molar-refractivity contribution in [1.82, 2.24) is 0 Å². The molecule has 0 amide bonds. The largest absolute Gasteiger partial charge is 0.462 e. The molecule has 0 radical (unpaired) electrons. The number of carbonyl (C=O) groups excluding carboxylic acids is 1. The van der Waals surface area contributed by atoms with Gasteiger partial charge in [-0.15, -0.1) is 0 Å². The number of benzene rings is 1. The van der Waals surface area contributed by atoms with E-state index in [1.54, 1.807) is 6.07 Å². The molecule has 0 atom stereocenters. The summed E-state index contributed by atoms with van der Waals surface area (Å²) in [4.78, 5) is 11.7. The third-order valence-electron chi connectivity index (χ3n) is 1.89. The van der Waals surface area contributed by atoms with Crippen LogP contribution in [0.5, 0.6) is 0 Å². The molecule has 0 spiro atoms. The Morgan fingerprint density at radius 1 is 1.38 bits per heavy atom. The molecule has 0 aliphatic carbocycles. The number of hydrogen-bond acceptors (Lipinski definition) is 3. The van der Waals surface area contributed by atoms with Crippen LogP contribution in [0.15, 0.2) is 12.1 Å². The van der Waals surface area contributed by atoms with Crippen molar-refractivity contribution >= 4 is 34.9 Å². The molecule has 16 heavy (non-hydrogen) atoms. The molecule has 5 heteroatoms. The molecule has 2 N–H and O–H groups in total. The van der Waals surface area contributed by atoms with Gasteiger partial charge in [-0.2, -0.15) is 0 Å². The van der Waals surface area contributed by atoms with Gasteiger partial charge in [0.1, 0.15) is 5.56 Å². The van der Waals surface area contributed by atoms with Crippen molar-refractivity contribution in [3.63, 3.8) is 0 Å². The van der Waals surface area contributed by atoms with Gasteiger partial charge in [0.05, 0.1) is 22.3 Å². The fraction of sp³-hybridized carbons (Fsp3) is 0.364. The minimum absolute atomic E-state index is 0.134. The lowest BCUT2D eigenvalue weighted by Crippen LogP contribution is -2.12. The van der Waals surface area contributed by atoms with Crippen LogP contribution in [0.1, 0.15) is 24.2 Å². The number of anilines is 1. The quantitative estimate of drug-likeness (QED) is 0.671. The van der Waals surface area contributed by atoms with Crippen LogP contribution in [-0.4, -0.2) is 12.6 Å². The maximum absolute atomic E-state index is 11.7. The standard InChI is InChI=1S/C11H13Cl2NO2/c1-6(2)5-16-11(15)9-7(12)3-4-8(13)10(9)14/h3-4,6H,5,14H2,1-2H3. The Hall–Kier alpha value is -0.930. The van der Waals surface area contributed by atoms with E-state index in [1.165, 1.54) is 6.07 Å². The Bertz CT molecular complexity index is 405. The molecule has 0 bridgehead atoms. The van der Waals surface area contributed by atoms with Crippen LogP contribution in [-0.2, 0) is 4.74 Å². The third-order valence-corrected chi connectivity index (χ3v) is 2.54. The highest BCUT2D eigenvalue weighted by Gasteiger charge is 2.18. The Morgan fingerprint density at radius 2 is 1.94 bits per heavy atom. The van der Waals surface area contributed by atoms with E-state index in [9.17, 15) is 4.79 Å². The number of hydrogen-bond donors (Lipinski definition) is 1. The van der Waals surface area contributed by atoms with E-state index in [-0.39, 0.29) is 22.2 Å². The number of rotatable bonds is 3. The molecule has 88 valence electrons. The van der Waals surface area contributed by atoms with Crippen LogP contribution in [0.4, 0.5) is 5.69 Å². The van der Waals surface area contributed by atoms with Crippen molar-refractivity contribution in [3.8, 4) is 0 Å². The number of halogens is 2. The van der Waals surface area contributed by atoms with Gasteiger partial charge < -0.3 is 10.5 Å². The molecule has 0 saturated carbocycles. The van der Waals surface area contributed by atoms with E-state index in [0.29, 0.717) is 11.6 Å². The molecule has 1 aromatic rings. The molecule has 0 fully saturated rings. The van der Waals surface area contributed by atoms with Gasteiger partial charge in [0.2, 0.25) is 0 Å². The van der Waals surface area contributed by atoms with E-state index in [2.05, 4.69) is 0 Å². The first-order valence-corrected chi connectivity index (χ1v) is 5.59. The van der Waals surface area contributed by atoms with Gasteiger partial charge in [-0.05, 0) is 18.1 Å². The Morgan fingerprint density at radius 3 is 2.50 bits per heavy atom. The molecular weight excluding hydrogens is 249 g/mol. The second-order valence-electron chi connectivity index (χ2n) is 3.81. The number of esters is 1. The zero-order chi connectivity index (χ0) is 12.3. The van der Waals surface area contributed by atoms with Crippen LogP contribution < -0.4 is 5.73 Å². The van der Waals surface area contributed by atoms with Gasteiger partial charge in [-0.1, -0.05) is 37.0 Å². The number of nitrogens with two attached hydrogens (primary N) is 1. The first-order chi connectivity index (χ1) is 7.43. The minimum atomic E-state index is -0.543. The van der Waals surface area contributed by atoms with Gasteiger partial charge in [-0.25, -0.2) is 4.79 Å². The van der Waals surface area contributed by atoms with Gasteiger partial charge in [0.15, 0.2) is 0 Å². The zero-order valence-corrected chi connectivity index (χ0v) is 10.6. The highest BCUT2D eigenvalue weighted by atomic mass is 35.5. The summed E-state index contributed by atoms with van der Waals surface area (Å²) >= 11 is 11.7. The van der Waals surface area contributed by atoms with Gasteiger partial charge >= 0.3 is 5.97 Å². The summed E-state index contributed by atoms with van der Waals surface area (Å²) in [6.45, 7) is 4.20. The summed E-state index contributed by atoms with van der Waals surface area (Å²) in [7, 11) is 0. The second kappa shape index (κ2) is 5.41. The molecular formula is C11H13Cl2NO2. The Kier molecular flexibility index (Phi) is 4.44. The lowest BCUT2D eigenvalue weighted by Gasteiger charge is -2.11. The maximum Gasteiger partial charge on any atom is 0.341 e. The summed E-state index contributed by atoms with van der Waals surface area (Å²) in [5.41, 5.74) is 5.96. The number of carbonyl (C=O) groups is 1. The summed E-state index contributed by atoms with van der Waals surface area (Å²) in [5.74, 6) is -0.290. The van der Waals surface area contributed by atoms with E-state index in [0.717, 1.165) is 0 Å². The molecule has 0 saturated heterocycles. The average molecular weight is 262 g/mol. The Balaban J connectivity index is 2.95. The van der Waals surface area contributed by atoms with Gasteiger partial charge in [0, 0.05) is 0 Å². The molecule has 0 aromatic heterocycles. The lowest BCUT2D eigenvalue weighted by atomic mass is 10.2. The molecule has 1 aromatic carbocycles. The van der Waals surface area contributed by atoms with Crippen molar-refractivity contribution in [2.24, 2.45) is 5.92 Å². The van der Waals surface area contributed by atoms with Crippen LogP contribution in [0, 0.1) is 5.92 Å². The van der Waals surface area contributed by atoms with Crippen LogP contribution in [0.3, 0.4) is 0 Å². The molecule has 1 rings (SSSR count). The molecule has 0 aliphatic heterocycles. The topological polar surface area (TPSA) is 52.3 Å². The highest BCUT2D eigenvalue weighted by molar-refractivity contribution is 6.38. The fourth-order valence-electron chi connectivity index (χ4n) is 1.09. The van der Waals surface area contributed by atoms with Crippen molar-refractivity contribution in [2.45, 2.75) is 13.8 Å². The normalized spacial score (nSPS) is 10.6. The average Bonchev–Trinajstić information content (AvgIpc) is 2.21. The van der Waals surface area contributed by atoms with E-state index >= 15 is 0 Å². The predicted octanol–water partition coefficient (Wildman–Crippen LogP) is 3.39. The first kappa shape index (κ1) is 13.1. The van der Waals surface area contributed by atoms with Crippen molar-refractivity contribution in [2.75, 3.05) is 12.3 Å². The van der Waals surface area contributed by atoms with E-state index in [1.807, 2.05) is 13.8 Å². The monoisotopic (exact) mass is 261 g/mol. The SMILES string of the molecule is CC(C)COC(=O)c1c(Cl)ccc(Cl)c1N. The Labute approximate surface area is 104 Å². The van der Waals surface area contributed by atoms with Crippen molar-refractivity contribution < 1.29 is 9.53 Å². The lowest BCUT2D eigenvalue weighted by molar-refractivity contribution is 0.0460. The fourth-order valence-corrected chi connectivity index (χ4v) is 1.49. The smallest absolute Gasteiger partial charge is 0.341 e. The summed E-state index contributed by atoms with van der Waals surface area (Å²) in [6.07, 6.45) is 0. The third kappa shape index (κ3) is 3.03. The summed E-state index contributed by atoms with van der Waals surface area (Å²) in [5, 5.41) is 0.538. The van der Waals surface area contributed by atoms with E-state index < -0.39 is 5.97 Å². The maximum atomic E-state index is 11.7. The summed E-state index contributed by atoms with van der Waals surface area (Å²) in [6, 6.07) is 3.06.